The lowest BCUT2D eigenvalue weighted by molar-refractivity contribution is -0.137. The van der Waals surface area contributed by atoms with Crippen LogP contribution in [0.2, 0.25) is 0 Å². The molecule has 6 nitrogen and oxygen atoms in total. The number of hydrogen-bond acceptors (Lipinski definition) is 5. The Kier molecular flexibility index (Phi) is 4.76. The zero-order valence-corrected chi connectivity index (χ0v) is 13.1. The first kappa shape index (κ1) is 16.7. The first-order valence-corrected chi connectivity index (χ1v) is 7.57. The van der Waals surface area contributed by atoms with E-state index in [0.29, 0.717) is 11.4 Å². The molecule has 2 amide bonds. The Bertz CT molecular complexity index is 850. The molecule has 0 aromatic heterocycles. The quantitative estimate of drug-likeness (QED) is 0.788. The van der Waals surface area contributed by atoms with Crippen molar-refractivity contribution in [2.24, 2.45) is 0 Å². The van der Waals surface area contributed by atoms with Gasteiger partial charge in [0, 0.05) is 6.08 Å². The molecule has 25 heavy (non-hydrogen) atoms. The monoisotopic (exact) mass is 342 g/mol. The van der Waals surface area contributed by atoms with E-state index < -0.39 is 17.6 Å². The van der Waals surface area contributed by atoms with Crippen LogP contribution in [-0.2, 0) is 9.59 Å². The number of aliphatic hydroxyl groups excluding tert-OH is 1. The van der Waals surface area contributed by atoms with Crippen LogP contribution in [-0.4, -0.2) is 35.0 Å². The number of para-hydroxylation sites is 3. The third-order valence-electron chi connectivity index (χ3n) is 3.55. The number of rotatable bonds is 6. The van der Waals surface area contributed by atoms with Gasteiger partial charge in [0.05, 0.1) is 18.8 Å². The van der Waals surface area contributed by atoms with E-state index in [2.05, 4.69) is 5.32 Å². The number of β-amino-alcohol motifs (C(OH)–C–C–N with tert-alkyl or cyclic N) is 1. The second kappa shape index (κ2) is 7.14. The van der Waals surface area contributed by atoms with Gasteiger partial charge in [0.25, 0.3) is 11.8 Å². The van der Waals surface area contributed by atoms with Gasteiger partial charge < -0.3 is 15.2 Å². The van der Waals surface area contributed by atoms with E-state index in [-0.39, 0.29) is 24.6 Å². The predicted molar refractivity (Wildman–Crippen MR) is 88.4 cm³/mol. The van der Waals surface area contributed by atoms with Crippen LogP contribution >= 0.6 is 0 Å². The molecule has 0 bridgehead atoms. The van der Waals surface area contributed by atoms with Gasteiger partial charge in [-0.1, -0.05) is 24.3 Å². The number of carbonyl (C=O) groups is 2. The normalized spacial score (nSPS) is 13.8. The molecule has 0 spiro atoms. The molecule has 0 unspecified atom stereocenters. The van der Waals surface area contributed by atoms with E-state index in [9.17, 15) is 14.0 Å². The number of nitrogens with zero attached hydrogens (tertiary/aromatic N) is 1. The van der Waals surface area contributed by atoms with E-state index in [1.807, 2.05) is 0 Å². The summed E-state index contributed by atoms with van der Waals surface area (Å²) in [5, 5.41) is 11.8. The van der Waals surface area contributed by atoms with Gasteiger partial charge in [0.15, 0.2) is 17.3 Å². The highest BCUT2D eigenvalue weighted by Gasteiger charge is 2.31. The van der Waals surface area contributed by atoms with Gasteiger partial charge in [0.1, 0.15) is 5.70 Å². The Morgan fingerprint density at radius 3 is 2.44 bits per heavy atom. The van der Waals surface area contributed by atoms with Crippen molar-refractivity contribution in [1.82, 2.24) is 4.90 Å². The minimum Gasteiger partial charge on any atom is -0.452 e. The van der Waals surface area contributed by atoms with Crippen molar-refractivity contribution in [2.75, 3.05) is 18.5 Å². The van der Waals surface area contributed by atoms with E-state index in [1.54, 1.807) is 36.4 Å². The lowest BCUT2D eigenvalue weighted by atomic mass is 10.2. The van der Waals surface area contributed by atoms with Crippen LogP contribution in [0.1, 0.15) is 0 Å². The summed E-state index contributed by atoms with van der Waals surface area (Å²) in [4.78, 5) is 24.9. The van der Waals surface area contributed by atoms with Crippen LogP contribution in [0.5, 0.6) is 11.5 Å². The standard InChI is InChI=1S/C18H15FN2O4/c19-12-5-1-3-7-15(12)25-16-8-4-2-6-13(16)20-14-11-17(23)21(9-10-22)18(14)24/h1-8,11,20,22H,9-10H2. The summed E-state index contributed by atoms with van der Waals surface area (Å²) in [6, 6.07) is 12.6. The van der Waals surface area contributed by atoms with E-state index >= 15 is 0 Å². The maximum Gasteiger partial charge on any atom is 0.277 e. The number of aliphatic hydroxyl groups is 1. The van der Waals surface area contributed by atoms with Gasteiger partial charge in [-0.05, 0) is 24.3 Å². The van der Waals surface area contributed by atoms with Crippen molar-refractivity contribution in [3.63, 3.8) is 0 Å². The summed E-state index contributed by atoms with van der Waals surface area (Å²) in [6.07, 6.45) is 1.15. The van der Waals surface area contributed by atoms with Crippen LogP contribution in [0, 0.1) is 5.82 Å². The Morgan fingerprint density at radius 1 is 1.04 bits per heavy atom. The van der Waals surface area contributed by atoms with Crippen molar-refractivity contribution < 1.29 is 23.8 Å². The number of benzene rings is 2. The molecule has 3 rings (SSSR count). The highest BCUT2D eigenvalue weighted by Crippen LogP contribution is 2.32. The van der Waals surface area contributed by atoms with Crippen molar-refractivity contribution in [3.8, 4) is 11.5 Å². The summed E-state index contributed by atoms with van der Waals surface area (Å²) in [7, 11) is 0. The highest BCUT2D eigenvalue weighted by molar-refractivity contribution is 6.17. The lowest BCUT2D eigenvalue weighted by Gasteiger charge is -2.15. The number of hydrogen-bond donors (Lipinski definition) is 2. The maximum absolute atomic E-state index is 13.8. The number of halogens is 1. The summed E-state index contributed by atoms with van der Waals surface area (Å²) in [5.74, 6) is -1.22. The average Bonchev–Trinajstić information content (AvgIpc) is 2.86. The van der Waals surface area contributed by atoms with Gasteiger partial charge >= 0.3 is 0 Å². The molecule has 1 aliphatic rings. The Morgan fingerprint density at radius 2 is 1.72 bits per heavy atom. The summed E-state index contributed by atoms with van der Waals surface area (Å²) in [6.45, 7) is -0.391. The van der Waals surface area contributed by atoms with Crippen molar-refractivity contribution >= 4 is 17.5 Å². The van der Waals surface area contributed by atoms with Crippen molar-refractivity contribution in [1.29, 1.82) is 0 Å². The van der Waals surface area contributed by atoms with Gasteiger partial charge in [-0.15, -0.1) is 0 Å². The fourth-order valence-corrected chi connectivity index (χ4v) is 2.36. The van der Waals surface area contributed by atoms with Gasteiger partial charge in [-0.25, -0.2) is 4.39 Å². The molecule has 0 fully saturated rings. The van der Waals surface area contributed by atoms with Crippen LogP contribution in [0.15, 0.2) is 60.3 Å². The number of imide groups is 1. The third kappa shape index (κ3) is 3.51. The van der Waals surface area contributed by atoms with Crippen LogP contribution in [0.25, 0.3) is 0 Å². The zero-order chi connectivity index (χ0) is 17.8. The van der Waals surface area contributed by atoms with Crippen LogP contribution in [0.3, 0.4) is 0 Å². The molecule has 2 N–H and O–H groups in total. The Labute approximate surface area is 143 Å². The Balaban J connectivity index is 1.83. The first-order valence-electron chi connectivity index (χ1n) is 7.57. The fourth-order valence-electron chi connectivity index (χ4n) is 2.36. The summed E-state index contributed by atoms with van der Waals surface area (Å²) >= 11 is 0. The van der Waals surface area contributed by atoms with Gasteiger partial charge in [-0.2, -0.15) is 0 Å². The smallest absolute Gasteiger partial charge is 0.277 e. The van der Waals surface area contributed by atoms with E-state index in [1.165, 1.54) is 12.1 Å². The Hall–Kier alpha value is -3.19. The molecule has 7 heteroatoms. The minimum atomic E-state index is -0.542. The van der Waals surface area contributed by atoms with E-state index in [4.69, 9.17) is 9.84 Å². The van der Waals surface area contributed by atoms with E-state index in [0.717, 1.165) is 11.0 Å². The molecule has 0 aliphatic carbocycles. The third-order valence-corrected chi connectivity index (χ3v) is 3.55. The van der Waals surface area contributed by atoms with Gasteiger partial charge in [0.2, 0.25) is 0 Å². The first-order chi connectivity index (χ1) is 12.1. The molecule has 0 atom stereocenters. The zero-order valence-electron chi connectivity index (χ0n) is 13.1. The van der Waals surface area contributed by atoms with Crippen molar-refractivity contribution in [3.05, 3.63) is 66.1 Å². The topological polar surface area (TPSA) is 78.9 Å². The van der Waals surface area contributed by atoms with Crippen LogP contribution < -0.4 is 10.1 Å². The molecule has 0 saturated carbocycles. The largest absolute Gasteiger partial charge is 0.452 e. The van der Waals surface area contributed by atoms with Crippen LogP contribution in [0.4, 0.5) is 10.1 Å². The molecule has 1 heterocycles. The second-order valence-corrected chi connectivity index (χ2v) is 5.23. The molecular formula is C18H15FN2O4. The SMILES string of the molecule is O=C1C=C(Nc2ccccc2Oc2ccccc2F)C(=O)N1CCO. The molecule has 0 radical (unpaired) electrons. The molecule has 2 aromatic rings. The molecule has 1 aliphatic heterocycles. The number of ether oxygens (including phenoxy) is 1. The maximum atomic E-state index is 13.8. The summed E-state index contributed by atoms with van der Waals surface area (Å²) < 4.78 is 19.3. The molecular weight excluding hydrogens is 327 g/mol. The number of anilines is 1. The number of carbonyl (C=O) groups excluding carboxylic acids is 2. The number of nitrogens with one attached hydrogen (secondary N) is 1. The number of amides is 2. The molecule has 128 valence electrons. The van der Waals surface area contributed by atoms with Crippen molar-refractivity contribution in [2.45, 2.75) is 0 Å². The average molecular weight is 342 g/mol. The lowest BCUT2D eigenvalue weighted by Crippen LogP contribution is -2.34. The predicted octanol–water partition coefficient (Wildman–Crippen LogP) is 2.27. The second-order valence-electron chi connectivity index (χ2n) is 5.23. The minimum absolute atomic E-state index is 0.0430. The van der Waals surface area contributed by atoms with Gasteiger partial charge in [-0.3, -0.25) is 14.5 Å². The molecule has 0 saturated heterocycles. The summed E-state index contributed by atoms with van der Waals surface area (Å²) in [5.41, 5.74) is 0.465. The highest BCUT2D eigenvalue weighted by atomic mass is 19.1. The molecule has 2 aromatic carbocycles. The fraction of sp³-hybridized carbons (Fsp3) is 0.111.